The van der Waals surface area contributed by atoms with E-state index in [1.807, 2.05) is 37.3 Å². The van der Waals surface area contributed by atoms with E-state index in [1.165, 1.54) is 6.08 Å². The molecule has 6 nitrogen and oxygen atoms in total. The summed E-state index contributed by atoms with van der Waals surface area (Å²) in [5, 5.41) is 4.90. The number of esters is 1. The van der Waals surface area contributed by atoms with Crippen molar-refractivity contribution < 1.29 is 14.3 Å². The summed E-state index contributed by atoms with van der Waals surface area (Å²) in [5.41, 5.74) is 2.47. The molecule has 1 aromatic carbocycles. The predicted octanol–water partition coefficient (Wildman–Crippen LogP) is 3.85. The van der Waals surface area contributed by atoms with Gasteiger partial charge >= 0.3 is 5.97 Å². The first-order chi connectivity index (χ1) is 14.0. The molecule has 0 unspecified atom stereocenters. The standard InChI is InChI=1S/C22H26ClN3O3/c1-17-19(22(23)26(24-17)15-18-9-5-4-6-10-18)11-12-21(28)29-16-20(27)25-13-7-2-3-8-14-25/h4-6,9-12H,2-3,7-8,13-16H2,1H3/b12-11+. The van der Waals surface area contributed by atoms with E-state index >= 15 is 0 Å². The molecule has 154 valence electrons. The van der Waals surface area contributed by atoms with Crippen molar-refractivity contribution in [2.24, 2.45) is 0 Å². The number of amides is 1. The molecule has 7 heteroatoms. The van der Waals surface area contributed by atoms with Gasteiger partial charge in [-0.05, 0) is 31.4 Å². The van der Waals surface area contributed by atoms with Crippen LogP contribution in [0.5, 0.6) is 0 Å². The number of benzene rings is 1. The molecule has 1 fully saturated rings. The third kappa shape index (κ3) is 5.94. The lowest BCUT2D eigenvalue weighted by atomic mass is 10.2. The van der Waals surface area contributed by atoms with Gasteiger partial charge in [-0.15, -0.1) is 0 Å². The normalized spacial score (nSPS) is 14.8. The molecule has 0 bridgehead atoms. The minimum absolute atomic E-state index is 0.140. The van der Waals surface area contributed by atoms with E-state index in [9.17, 15) is 9.59 Å². The Kier molecular flexibility index (Phi) is 7.47. The number of likely N-dealkylation sites (tertiary alicyclic amines) is 1. The van der Waals surface area contributed by atoms with Crippen molar-refractivity contribution in [3.8, 4) is 0 Å². The molecule has 2 heterocycles. The maximum atomic E-state index is 12.2. The first kappa shape index (κ1) is 21.1. The van der Waals surface area contributed by atoms with Gasteiger partial charge in [0.25, 0.3) is 5.91 Å². The summed E-state index contributed by atoms with van der Waals surface area (Å²) in [6.45, 7) is 3.62. The maximum Gasteiger partial charge on any atom is 0.331 e. The quantitative estimate of drug-likeness (QED) is 0.531. The first-order valence-electron chi connectivity index (χ1n) is 9.94. The zero-order valence-corrected chi connectivity index (χ0v) is 17.4. The Bertz CT molecular complexity index is 869. The highest BCUT2D eigenvalue weighted by atomic mass is 35.5. The number of nitrogens with zero attached hydrogens (tertiary/aromatic N) is 3. The van der Waals surface area contributed by atoms with Gasteiger partial charge in [-0.3, -0.25) is 4.79 Å². The second kappa shape index (κ2) is 10.3. The van der Waals surface area contributed by atoms with E-state index in [2.05, 4.69) is 5.10 Å². The second-order valence-electron chi connectivity index (χ2n) is 7.17. The molecule has 0 saturated carbocycles. The fourth-order valence-corrected chi connectivity index (χ4v) is 3.66. The summed E-state index contributed by atoms with van der Waals surface area (Å²) in [7, 11) is 0. The van der Waals surface area contributed by atoms with Crippen molar-refractivity contribution in [3.05, 3.63) is 58.4 Å². The summed E-state index contributed by atoms with van der Waals surface area (Å²) in [6, 6.07) is 9.88. The fourth-order valence-electron chi connectivity index (χ4n) is 3.36. The zero-order chi connectivity index (χ0) is 20.6. The van der Waals surface area contributed by atoms with Crippen molar-refractivity contribution in [3.63, 3.8) is 0 Å². The topological polar surface area (TPSA) is 64.4 Å². The summed E-state index contributed by atoms with van der Waals surface area (Å²) in [4.78, 5) is 26.0. The lowest BCUT2D eigenvalue weighted by molar-refractivity contribution is -0.148. The number of carbonyl (C=O) groups is 2. The van der Waals surface area contributed by atoms with Crippen molar-refractivity contribution >= 4 is 29.6 Å². The molecule has 0 radical (unpaired) electrons. The van der Waals surface area contributed by atoms with Crippen molar-refractivity contribution in [1.29, 1.82) is 0 Å². The van der Waals surface area contributed by atoms with Crippen LogP contribution in [0.1, 0.15) is 42.5 Å². The van der Waals surface area contributed by atoms with Gasteiger partial charge in [0.15, 0.2) is 6.61 Å². The molecule has 0 atom stereocenters. The van der Waals surface area contributed by atoms with Crippen LogP contribution in [0.25, 0.3) is 6.08 Å². The number of aromatic nitrogens is 2. The molecule has 1 aromatic heterocycles. The molecule has 0 spiro atoms. The fraction of sp³-hybridized carbons (Fsp3) is 0.409. The Hall–Kier alpha value is -2.60. The van der Waals surface area contributed by atoms with Crippen LogP contribution in [-0.2, 0) is 20.9 Å². The number of rotatable bonds is 6. The van der Waals surface area contributed by atoms with Gasteiger partial charge in [0.05, 0.1) is 12.2 Å². The summed E-state index contributed by atoms with van der Waals surface area (Å²) < 4.78 is 6.81. The Morgan fingerprint density at radius 3 is 2.52 bits per heavy atom. The van der Waals surface area contributed by atoms with E-state index in [0.29, 0.717) is 17.3 Å². The van der Waals surface area contributed by atoms with Crippen LogP contribution in [0.2, 0.25) is 5.15 Å². The lowest BCUT2D eigenvalue weighted by Gasteiger charge is -2.19. The molecule has 1 amide bonds. The number of halogens is 1. The number of carbonyl (C=O) groups excluding carboxylic acids is 2. The van der Waals surface area contributed by atoms with Crippen LogP contribution in [0.3, 0.4) is 0 Å². The summed E-state index contributed by atoms with van der Waals surface area (Å²) in [6.07, 6.45) is 7.17. The van der Waals surface area contributed by atoms with E-state index in [4.69, 9.17) is 16.3 Å². The van der Waals surface area contributed by atoms with Crippen molar-refractivity contribution in [1.82, 2.24) is 14.7 Å². The van der Waals surface area contributed by atoms with Crippen LogP contribution in [0.4, 0.5) is 0 Å². The molecule has 3 rings (SSSR count). The Labute approximate surface area is 176 Å². The molecule has 1 aliphatic heterocycles. The molecular formula is C22H26ClN3O3. The Balaban J connectivity index is 1.56. The predicted molar refractivity (Wildman–Crippen MR) is 113 cm³/mol. The molecular weight excluding hydrogens is 390 g/mol. The van der Waals surface area contributed by atoms with E-state index in [-0.39, 0.29) is 12.5 Å². The SMILES string of the molecule is Cc1nn(Cc2ccccc2)c(Cl)c1/C=C/C(=O)OCC(=O)N1CCCCCC1. The van der Waals surface area contributed by atoms with Crippen LogP contribution in [0.15, 0.2) is 36.4 Å². The third-order valence-corrected chi connectivity index (χ3v) is 5.37. The van der Waals surface area contributed by atoms with Crippen LogP contribution < -0.4 is 0 Å². The number of ether oxygens (including phenoxy) is 1. The minimum atomic E-state index is -0.570. The van der Waals surface area contributed by atoms with Crippen LogP contribution in [0, 0.1) is 6.92 Å². The molecule has 0 aliphatic carbocycles. The minimum Gasteiger partial charge on any atom is -0.452 e. The van der Waals surface area contributed by atoms with Gasteiger partial charge in [0.1, 0.15) is 5.15 Å². The smallest absolute Gasteiger partial charge is 0.331 e. The summed E-state index contributed by atoms with van der Waals surface area (Å²) >= 11 is 6.44. The first-order valence-corrected chi connectivity index (χ1v) is 10.3. The van der Waals surface area contributed by atoms with E-state index in [1.54, 1.807) is 15.7 Å². The largest absolute Gasteiger partial charge is 0.452 e. The second-order valence-corrected chi connectivity index (χ2v) is 7.53. The molecule has 1 saturated heterocycles. The average Bonchev–Trinajstić information content (AvgIpc) is 2.91. The van der Waals surface area contributed by atoms with Gasteiger partial charge in [0.2, 0.25) is 0 Å². The zero-order valence-electron chi connectivity index (χ0n) is 16.6. The van der Waals surface area contributed by atoms with Gasteiger partial charge in [-0.2, -0.15) is 5.10 Å². The summed E-state index contributed by atoms with van der Waals surface area (Å²) in [5.74, 6) is -0.710. The third-order valence-electron chi connectivity index (χ3n) is 4.97. The monoisotopic (exact) mass is 415 g/mol. The van der Waals surface area contributed by atoms with Crippen molar-refractivity contribution in [2.75, 3.05) is 19.7 Å². The molecule has 2 aromatic rings. The van der Waals surface area contributed by atoms with E-state index < -0.39 is 5.97 Å². The van der Waals surface area contributed by atoms with Gasteiger partial charge in [-0.1, -0.05) is 54.8 Å². The van der Waals surface area contributed by atoms with Gasteiger partial charge in [-0.25, -0.2) is 9.48 Å². The van der Waals surface area contributed by atoms with Crippen molar-refractivity contribution in [2.45, 2.75) is 39.2 Å². The highest BCUT2D eigenvalue weighted by molar-refractivity contribution is 6.31. The number of aryl methyl sites for hydroxylation is 1. The lowest BCUT2D eigenvalue weighted by Crippen LogP contribution is -2.35. The molecule has 0 N–H and O–H groups in total. The molecule has 29 heavy (non-hydrogen) atoms. The number of hydrogen-bond donors (Lipinski definition) is 0. The maximum absolute atomic E-state index is 12.2. The highest BCUT2D eigenvalue weighted by Crippen LogP contribution is 2.22. The average molecular weight is 416 g/mol. The van der Waals surface area contributed by atoms with Crippen LogP contribution >= 0.6 is 11.6 Å². The van der Waals surface area contributed by atoms with Gasteiger partial charge < -0.3 is 9.64 Å². The van der Waals surface area contributed by atoms with E-state index in [0.717, 1.165) is 50.0 Å². The number of hydrogen-bond acceptors (Lipinski definition) is 4. The highest BCUT2D eigenvalue weighted by Gasteiger charge is 2.17. The van der Waals surface area contributed by atoms with Crippen LogP contribution in [-0.4, -0.2) is 46.3 Å². The Morgan fingerprint density at radius 1 is 1.14 bits per heavy atom. The Morgan fingerprint density at radius 2 is 1.83 bits per heavy atom. The molecule has 1 aliphatic rings. The van der Waals surface area contributed by atoms with Gasteiger partial charge in [0, 0.05) is 24.7 Å².